The summed E-state index contributed by atoms with van der Waals surface area (Å²) >= 11 is 0. The van der Waals surface area contributed by atoms with Crippen molar-refractivity contribution in [1.82, 2.24) is 15.5 Å². The van der Waals surface area contributed by atoms with Crippen LogP contribution in [-0.2, 0) is 0 Å². The first kappa shape index (κ1) is 36.8. The van der Waals surface area contributed by atoms with Gasteiger partial charge in [-0.2, -0.15) is 0 Å². The summed E-state index contributed by atoms with van der Waals surface area (Å²) in [5, 5.41) is 27.0. The second-order valence-corrected chi connectivity index (χ2v) is 10.5. The Morgan fingerprint density at radius 1 is 0.579 bits per heavy atom. The van der Waals surface area contributed by atoms with E-state index in [2.05, 4.69) is 85.0 Å². The van der Waals surface area contributed by atoms with Crippen molar-refractivity contribution in [2.24, 2.45) is 0 Å². The Labute approximate surface area is 236 Å². The fourth-order valence-corrected chi connectivity index (χ4v) is 4.01. The summed E-state index contributed by atoms with van der Waals surface area (Å²) in [6.45, 7) is 9.39. The Balaban J connectivity index is 3.55. The zero-order valence-corrected chi connectivity index (χ0v) is 25.3. The van der Waals surface area contributed by atoms with Crippen molar-refractivity contribution in [2.75, 3.05) is 46.3 Å². The third kappa shape index (κ3) is 29.3. The molecule has 0 aromatic rings. The molecular formula is C33H63N3O2. The number of rotatable bonds is 28. The fraction of sp³-hybridized carbons (Fsp3) is 0.758. The lowest BCUT2D eigenvalue weighted by atomic mass is 10.1. The summed E-state index contributed by atoms with van der Waals surface area (Å²) < 4.78 is 0. The molecule has 0 aromatic carbocycles. The molecule has 0 aliphatic heterocycles. The van der Waals surface area contributed by atoms with Crippen molar-refractivity contribution in [1.29, 1.82) is 0 Å². The summed E-state index contributed by atoms with van der Waals surface area (Å²) in [6.07, 6.45) is 32.9. The molecule has 0 saturated carbocycles. The van der Waals surface area contributed by atoms with Gasteiger partial charge in [0.25, 0.3) is 0 Å². The van der Waals surface area contributed by atoms with E-state index in [9.17, 15) is 10.2 Å². The van der Waals surface area contributed by atoms with Crippen LogP contribution in [0.4, 0.5) is 0 Å². The topological polar surface area (TPSA) is 67.8 Å². The van der Waals surface area contributed by atoms with Gasteiger partial charge in [-0.25, -0.2) is 0 Å². The molecule has 0 bridgehead atoms. The van der Waals surface area contributed by atoms with Crippen molar-refractivity contribution in [3.8, 4) is 0 Å². The highest BCUT2D eigenvalue weighted by atomic mass is 16.3. The lowest BCUT2D eigenvalue weighted by Gasteiger charge is -2.19. The van der Waals surface area contributed by atoms with Crippen molar-refractivity contribution >= 4 is 0 Å². The van der Waals surface area contributed by atoms with Crippen LogP contribution in [-0.4, -0.2) is 73.6 Å². The number of hydrogen-bond donors (Lipinski definition) is 4. The third-order valence-electron chi connectivity index (χ3n) is 6.59. The molecule has 5 heteroatoms. The average molecular weight is 534 g/mol. The molecule has 0 spiro atoms. The first-order chi connectivity index (χ1) is 18.6. The van der Waals surface area contributed by atoms with E-state index < -0.39 is 0 Å². The summed E-state index contributed by atoms with van der Waals surface area (Å²) in [7, 11) is 2.11. The molecule has 0 fully saturated rings. The van der Waals surface area contributed by atoms with Crippen LogP contribution in [0.5, 0.6) is 0 Å². The van der Waals surface area contributed by atoms with Gasteiger partial charge >= 0.3 is 0 Å². The quantitative estimate of drug-likeness (QED) is 0.0679. The fourth-order valence-electron chi connectivity index (χ4n) is 4.01. The largest absolute Gasteiger partial charge is 0.392 e. The second-order valence-electron chi connectivity index (χ2n) is 10.5. The minimum Gasteiger partial charge on any atom is -0.392 e. The highest BCUT2D eigenvalue weighted by Crippen LogP contribution is 2.03. The molecule has 0 heterocycles. The molecular weight excluding hydrogens is 470 g/mol. The Hall–Kier alpha value is -1.24. The van der Waals surface area contributed by atoms with Gasteiger partial charge in [0.05, 0.1) is 12.2 Å². The molecule has 5 nitrogen and oxygen atoms in total. The van der Waals surface area contributed by atoms with Gasteiger partial charge in [-0.1, -0.05) is 88.1 Å². The zero-order valence-electron chi connectivity index (χ0n) is 25.3. The van der Waals surface area contributed by atoms with E-state index >= 15 is 0 Å². The van der Waals surface area contributed by atoms with Gasteiger partial charge < -0.3 is 25.7 Å². The molecule has 2 unspecified atom stereocenters. The Bertz CT molecular complexity index is 539. The highest BCUT2D eigenvalue weighted by molar-refractivity contribution is 4.94. The monoisotopic (exact) mass is 533 g/mol. The van der Waals surface area contributed by atoms with Crippen molar-refractivity contribution in [2.45, 2.75) is 116 Å². The molecule has 38 heavy (non-hydrogen) atoms. The van der Waals surface area contributed by atoms with E-state index in [0.29, 0.717) is 13.1 Å². The van der Waals surface area contributed by atoms with Crippen LogP contribution >= 0.6 is 0 Å². The zero-order chi connectivity index (χ0) is 27.9. The molecule has 0 aliphatic rings. The number of aliphatic hydroxyl groups is 2. The Kier molecular flexibility index (Phi) is 29.3. The van der Waals surface area contributed by atoms with Crippen molar-refractivity contribution in [3.63, 3.8) is 0 Å². The van der Waals surface area contributed by atoms with Crippen molar-refractivity contribution in [3.05, 3.63) is 48.6 Å². The molecule has 0 aliphatic carbocycles. The average Bonchev–Trinajstić information content (AvgIpc) is 2.91. The van der Waals surface area contributed by atoms with Gasteiger partial charge in [0.1, 0.15) is 0 Å². The van der Waals surface area contributed by atoms with Gasteiger partial charge in [0, 0.05) is 39.3 Å². The molecule has 222 valence electrons. The molecule has 0 saturated heterocycles. The number of allylic oxidation sites excluding steroid dienone is 8. The standard InChI is InChI=1S/C33H63N3O2/c1-4-6-8-10-12-14-16-18-20-22-24-32(37)30-34-26-28-36(3)29-27-35-31-33(38)25-23-21-19-17-15-13-11-9-7-5-2/h12-15,18-21,32-35,37-38H,4-11,16-17,22-31H2,1-3H3/b14-12-,15-13-,20-18-,21-19-. The van der Waals surface area contributed by atoms with Crippen LogP contribution in [0.1, 0.15) is 104 Å². The van der Waals surface area contributed by atoms with E-state index in [4.69, 9.17) is 0 Å². The van der Waals surface area contributed by atoms with E-state index in [1.165, 1.54) is 51.4 Å². The Morgan fingerprint density at radius 2 is 0.974 bits per heavy atom. The van der Waals surface area contributed by atoms with Gasteiger partial charge in [-0.05, 0) is 71.3 Å². The van der Waals surface area contributed by atoms with Crippen molar-refractivity contribution < 1.29 is 10.2 Å². The lowest BCUT2D eigenvalue weighted by molar-refractivity contribution is 0.159. The number of hydrogen-bond acceptors (Lipinski definition) is 5. The molecule has 0 radical (unpaired) electrons. The van der Waals surface area contributed by atoms with E-state index in [0.717, 1.165) is 64.7 Å². The predicted octanol–water partition coefficient (Wildman–Crippen LogP) is 6.55. The number of nitrogens with one attached hydrogen (secondary N) is 2. The number of nitrogens with zero attached hydrogens (tertiary/aromatic N) is 1. The highest BCUT2D eigenvalue weighted by Gasteiger charge is 2.04. The molecule has 0 rings (SSSR count). The second kappa shape index (κ2) is 30.3. The predicted molar refractivity (Wildman–Crippen MR) is 168 cm³/mol. The minimum absolute atomic E-state index is 0.292. The van der Waals surface area contributed by atoms with Gasteiger partial charge in [-0.3, -0.25) is 0 Å². The maximum atomic E-state index is 10.1. The maximum absolute atomic E-state index is 10.1. The number of likely N-dealkylation sites (N-methyl/N-ethyl adjacent to an activating group) is 1. The summed E-state index contributed by atoms with van der Waals surface area (Å²) in [4.78, 5) is 2.27. The van der Waals surface area contributed by atoms with Crippen LogP contribution in [0.25, 0.3) is 0 Å². The summed E-state index contributed by atoms with van der Waals surface area (Å²) in [6, 6.07) is 0. The Morgan fingerprint density at radius 3 is 1.37 bits per heavy atom. The van der Waals surface area contributed by atoms with Gasteiger partial charge in [-0.15, -0.1) is 0 Å². The van der Waals surface area contributed by atoms with Crippen LogP contribution in [0, 0.1) is 0 Å². The van der Waals surface area contributed by atoms with Crippen LogP contribution in [0.3, 0.4) is 0 Å². The maximum Gasteiger partial charge on any atom is 0.0667 e. The van der Waals surface area contributed by atoms with E-state index in [1.54, 1.807) is 0 Å². The lowest BCUT2D eigenvalue weighted by Crippen LogP contribution is -2.38. The van der Waals surface area contributed by atoms with E-state index in [1.807, 2.05) is 0 Å². The minimum atomic E-state index is -0.292. The molecule has 2 atom stereocenters. The third-order valence-corrected chi connectivity index (χ3v) is 6.59. The van der Waals surface area contributed by atoms with Crippen LogP contribution in [0.15, 0.2) is 48.6 Å². The molecule has 0 amide bonds. The first-order valence-electron chi connectivity index (χ1n) is 15.7. The number of unbranched alkanes of at least 4 members (excludes halogenated alkanes) is 6. The van der Waals surface area contributed by atoms with Gasteiger partial charge in [0.2, 0.25) is 0 Å². The molecule has 4 N–H and O–H groups in total. The van der Waals surface area contributed by atoms with Crippen LogP contribution < -0.4 is 10.6 Å². The normalized spacial score (nSPS) is 14.3. The SMILES string of the molecule is CCCCC/C=C\C/C=C\CCC(O)CNCCN(C)CCNCC(O)CC/C=C\C/C=C\CCCCC. The first-order valence-corrected chi connectivity index (χ1v) is 15.7. The van der Waals surface area contributed by atoms with Crippen LogP contribution in [0.2, 0.25) is 0 Å². The number of aliphatic hydroxyl groups excluding tert-OH is 2. The summed E-state index contributed by atoms with van der Waals surface area (Å²) in [5.41, 5.74) is 0. The molecule has 0 aromatic heterocycles. The van der Waals surface area contributed by atoms with E-state index in [-0.39, 0.29) is 12.2 Å². The summed E-state index contributed by atoms with van der Waals surface area (Å²) in [5.74, 6) is 0. The van der Waals surface area contributed by atoms with Gasteiger partial charge in [0.15, 0.2) is 0 Å². The smallest absolute Gasteiger partial charge is 0.0667 e.